The van der Waals surface area contributed by atoms with Crippen molar-refractivity contribution in [3.63, 3.8) is 0 Å². The molecule has 8 heteroatoms. The maximum Gasteiger partial charge on any atom is 0.313 e. The molecule has 0 saturated heterocycles. The molecule has 0 saturated carbocycles. The molecular formula is C19H25BrN2O3S2. The van der Waals surface area contributed by atoms with Gasteiger partial charge in [0.1, 0.15) is 17.7 Å². The lowest BCUT2D eigenvalue weighted by Crippen LogP contribution is -2.48. The SMILES string of the molecule is C=C/C(=N\C(=C)Br)C(CC(=O)CC(=O)OC)(NSC(C)(C)C)c1ccsc1. The molecule has 0 bridgehead atoms. The third-order valence-corrected chi connectivity index (χ3v) is 5.37. The van der Waals surface area contributed by atoms with Gasteiger partial charge in [-0.15, -0.1) is 0 Å². The topological polar surface area (TPSA) is 67.8 Å². The van der Waals surface area contributed by atoms with E-state index in [9.17, 15) is 9.59 Å². The highest BCUT2D eigenvalue weighted by molar-refractivity contribution is 9.11. The zero-order valence-corrected chi connectivity index (χ0v) is 19.2. The lowest BCUT2D eigenvalue weighted by Gasteiger charge is -2.36. The average Bonchev–Trinajstić information content (AvgIpc) is 3.10. The van der Waals surface area contributed by atoms with Crippen molar-refractivity contribution in [1.29, 1.82) is 0 Å². The maximum absolute atomic E-state index is 12.7. The fourth-order valence-corrected chi connectivity index (χ4v) is 3.97. The molecule has 0 amide bonds. The second-order valence-corrected chi connectivity index (χ2v) is 10.1. The van der Waals surface area contributed by atoms with E-state index in [-0.39, 0.29) is 23.4 Å². The fraction of sp³-hybridized carbons (Fsp3) is 0.421. The highest BCUT2D eigenvalue weighted by Crippen LogP contribution is 2.36. The Labute approximate surface area is 177 Å². The highest BCUT2D eigenvalue weighted by Gasteiger charge is 2.40. The van der Waals surface area contributed by atoms with Crippen molar-refractivity contribution in [2.75, 3.05) is 7.11 Å². The van der Waals surface area contributed by atoms with E-state index < -0.39 is 11.5 Å². The Balaban J connectivity index is 3.47. The van der Waals surface area contributed by atoms with Gasteiger partial charge in [0.25, 0.3) is 0 Å². The molecule has 1 N–H and O–H groups in total. The normalized spacial score (nSPS) is 14.3. The first kappa shape index (κ1) is 23.8. The number of carbonyl (C=O) groups excluding carboxylic acids is 2. The first-order chi connectivity index (χ1) is 12.5. The molecule has 0 aliphatic heterocycles. The van der Waals surface area contributed by atoms with E-state index in [0.29, 0.717) is 10.3 Å². The van der Waals surface area contributed by atoms with Gasteiger partial charge in [0.15, 0.2) is 0 Å². The molecule has 0 aliphatic rings. The van der Waals surface area contributed by atoms with Gasteiger partial charge in [-0.1, -0.05) is 25.1 Å². The van der Waals surface area contributed by atoms with E-state index in [1.54, 1.807) is 6.08 Å². The summed E-state index contributed by atoms with van der Waals surface area (Å²) >= 11 is 6.26. The zero-order valence-electron chi connectivity index (χ0n) is 16.0. The number of aliphatic imine (C=N–C) groups is 1. The van der Waals surface area contributed by atoms with Gasteiger partial charge in [0.2, 0.25) is 0 Å². The van der Waals surface area contributed by atoms with Gasteiger partial charge in [-0.2, -0.15) is 11.3 Å². The van der Waals surface area contributed by atoms with Crippen molar-refractivity contribution in [3.8, 4) is 0 Å². The van der Waals surface area contributed by atoms with Crippen molar-refractivity contribution in [3.05, 3.63) is 46.2 Å². The summed E-state index contributed by atoms with van der Waals surface area (Å²) in [4.78, 5) is 28.7. The zero-order chi connectivity index (χ0) is 20.7. The summed E-state index contributed by atoms with van der Waals surface area (Å²) in [5, 5.41) is 3.89. The quantitative estimate of drug-likeness (QED) is 0.170. The summed E-state index contributed by atoms with van der Waals surface area (Å²) in [6.07, 6.45) is 1.32. The van der Waals surface area contributed by atoms with Crippen LogP contribution in [0.2, 0.25) is 0 Å². The standard InChI is InChI=1S/C19H25BrN2O3S2/c1-7-16(21-13(2)20)19(14-8-9-26-12-14,22-27-18(3,4)5)11-15(23)10-17(24)25-6/h7-9,12,22H,1-2,10-11H2,3-6H3/b21-16+. The number of methoxy groups -OCH3 is 1. The van der Waals surface area contributed by atoms with E-state index in [4.69, 9.17) is 0 Å². The van der Waals surface area contributed by atoms with Gasteiger partial charge in [0, 0.05) is 11.2 Å². The van der Waals surface area contributed by atoms with Crippen molar-refractivity contribution in [1.82, 2.24) is 4.72 Å². The number of halogens is 1. The Morgan fingerprint density at radius 3 is 2.56 bits per heavy atom. The molecule has 27 heavy (non-hydrogen) atoms. The van der Waals surface area contributed by atoms with E-state index in [1.807, 2.05) is 16.8 Å². The number of thiophene rings is 1. The van der Waals surface area contributed by atoms with Crippen LogP contribution in [0.3, 0.4) is 0 Å². The number of rotatable bonds is 10. The molecule has 1 heterocycles. The summed E-state index contributed by atoms with van der Waals surface area (Å²) < 4.78 is 8.37. The molecule has 0 spiro atoms. The predicted molar refractivity (Wildman–Crippen MR) is 118 cm³/mol. The molecule has 0 aliphatic carbocycles. The van der Waals surface area contributed by atoms with Crippen molar-refractivity contribution in [2.24, 2.45) is 4.99 Å². The average molecular weight is 473 g/mol. The minimum absolute atomic E-state index is 0.0209. The number of carbonyl (C=O) groups is 2. The first-order valence-electron chi connectivity index (χ1n) is 8.16. The molecule has 1 atom stereocenters. The molecule has 1 unspecified atom stereocenters. The number of Topliss-reactive ketones (excluding diaryl/α,β-unsaturated/α-hetero) is 1. The lowest BCUT2D eigenvalue weighted by molar-refractivity contribution is -0.143. The Bertz CT molecular complexity index is 724. The van der Waals surface area contributed by atoms with E-state index >= 15 is 0 Å². The van der Waals surface area contributed by atoms with E-state index in [1.165, 1.54) is 30.4 Å². The predicted octanol–water partition coefficient (Wildman–Crippen LogP) is 5.00. The monoisotopic (exact) mass is 472 g/mol. The number of esters is 1. The van der Waals surface area contributed by atoms with Crippen LogP contribution in [0.25, 0.3) is 0 Å². The third-order valence-electron chi connectivity index (χ3n) is 3.45. The Hall–Kier alpha value is -1.22. The fourth-order valence-electron chi connectivity index (χ4n) is 2.27. The summed E-state index contributed by atoms with van der Waals surface area (Å²) in [6.45, 7) is 13.8. The number of ether oxygens (including phenoxy) is 1. The van der Waals surface area contributed by atoms with E-state index in [2.05, 4.69) is 64.3 Å². The van der Waals surface area contributed by atoms with Gasteiger partial charge in [-0.05, 0) is 65.2 Å². The molecule has 1 aromatic heterocycles. The molecular weight excluding hydrogens is 448 g/mol. The molecule has 1 aromatic rings. The van der Waals surface area contributed by atoms with Crippen LogP contribution in [-0.2, 0) is 19.9 Å². The van der Waals surface area contributed by atoms with Crippen LogP contribution < -0.4 is 4.72 Å². The summed E-state index contributed by atoms with van der Waals surface area (Å²) in [6, 6.07) is 1.93. The number of nitrogens with one attached hydrogen (secondary N) is 1. The van der Waals surface area contributed by atoms with Crippen LogP contribution in [-0.4, -0.2) is 29.3 Å². The Kier molecular flexibility index (Phi) is 9.14. The maximum atomic E-state index is 12.7. The number of ketones is 1. The van der Waals surface area contributed by atoms with Crippen LogP contribution >= 0.6 is 39.2 Å². The first-order valence-corrected chi connectivity index (χ1v) is 10.7. The van der Waals surface area contributed by atoms with Gasteiger partial charge < -0.3 is 4.74 Å². The summed E-state index contributed by atoms with van der Waals surface area (Å²) in [5.41, 5.74) is 0.453. The second-order valence-electron chi connectivity index (χ2n) is 6.78. The number of nitrogens with zero attached hydrogens (tertiary/aromatic N) is 1. The summed E-state index contributed by atoms with van der Waals surface area (Å²) in [5.74, 6) is -0.825. The van der Waals surface area contributed by atoms with Gasteiger partial charge >= 0.3 is 5.97 Å². The number of hydrogen-bond acceptors (Lipinski definition) is 7. The Morgan fingerprint density at radius 2 is 2.11 bits per heavy atom. The van der Waals surface area contributed by atoms with Crippen molar-refractivity contribution in [2.45, 2.75) is 43.9 Å². The van der Waals surface area contributed by atoms with E-state index in [0.717, 1.165) is 5.56 Å². The summed E-state index contributed by atoms with van der Waals surface area (Å²) in [7, 11) is 1.26. The lowest BCUT2D eigenvalue weighted by atomic mass is 9.82. The van der Waals surface area contributed by atoms with Gasteiger partial charge in [0.05, 0.1) is 17.4 Å². The molecule has 148 valence electrons. The van der Waals surface area contributed by atoms with Crippen LogP contribution in [0, 0.1) is 0 Å². The highest BCUT2D eigenvalue weighted by atomic mass is 79.9. The van der Waals surface area contributed by atoms with Gasteiger partial charge in [-0.3, -0.25) is 9.59 Å². The molecule has 1 rings (SSSR count). The van der Waals surface area contributed by atoms with Crippen LogP contribution in [0.1, 0.15) is 39.2 Å². The smallest absolute Gasteiger partial charge is 0.313 e. The molecule has 0 radical (unpaired) electrons. The third kappa shape index (κ3) is 7.37. The number of hydrogen-bond donors (Lipinski definition) is 1. The minimum Gasteiger partial charge on any atom is -0.469 e. The van der Waals surface area contributed by atoms with Crippen molar-refractivity contribution < 1.29 is 14.3 Å². The second kappa shape index (κ2) is 10.4. The van der Waals surface area contributed by atoms with Crippen molar-refractivity contribution >= 4 is 56.7 Å². The minimum atomic E-state index is -0.957. The molecule has 5 nitrogen and oxygen atoms in total. The van der Waals surface area contributed by atoms with Crippen LogP contribution in [0.5, 0.6) is 0 Å². The largest absolute Gasteiger partial charge is 0.469 e. The Morgan fingerprint density at radius 1 is 1.44 bits per heavy atom. The van der Waals surface area contributed by atoms with Gasteiger partial charge in [-0.25, -0.2) is 9.71 Å². The molecule has 0 aromatic carbocycles. The van der Waals surface area contributed by atoms with Crippen LogP contribution in [0.15, 0.2) is 45.7 Å². The molecule has 0 fully saturated rings. The van der Waals surface area contributed by atoms with Crippen LogP contribution in [0.4, 0.5) is 0 Å².